The molecule has 1 aromatic carbocycles. The van der Waals surface area contributed by atoms with E-state index in [4.69, 9.17) is 4.98 Å². The summed E-state index contributed by atoms with van der Waals surface area (Å²) in [5.41, 5.74) is 8.32. The Labute approximate surface area is 146 Å². The van der Waals surface area contributed by atoms with Crippen molar-refractivity contribution in [2.24, 2.45) is 5.92 Å². The lowest BCUT2D eigenvalue weighted by Crippen LogP contribution is -2.12. The molecule has 4 rings (SSSR count). The second-order valence-electron chi connectivity index (χ2n) is 8.07. The van der Waals surface area contributed by atoms with E-state index >= 15 is 0 Å². The van der Waals surface area contributed by atoms with E-state index in [-0.39, 0.29) is 0 Å². The average Bonchev–Trinajstić information content (AvgIpc) is 2.71. The molecule has 1 heteroatoms. The van der Waals surface area contributed by atoms with Crippen LogP contribution in [0.2, 0.25) is 0 Å². The van der Waals surface area contributed by atoms with Gasteiger partial charge in [0.2, 0.25) is 0 Å². The van der Waals surface area contributed by atoms with E-state index in [1.807, 2.05) is 6.20 Å². The first-order chi connectivity index (χ1) is 11.7. The monoisotopic (exact) mass is 319 g/mol. The van der Waals surface area contributed by atoms with Crippen molar-refractivity contribution in [1.82, 2.24) is 4.98 Å². The van der Waals surface area contributed by atoms with Crippen molar-refractivity contribution in [3.8, 4) is 11.3 Å². The third kappa shape index (κ3) is 2.79. The Morgan fingerprint density at radius 2 is 1.88 bits per heavy atom. The first kappa shape index (κ1) is 15.9. The molecule has 1 fully saturated rings. The Hall–Kier alpha value is -1.63. The van der Waals surface area contributed by atoms with Crippen molar-refractivity contribution >= 4 is 0 Å². The Kier molecular flexibility index (Phi) is 4.20. The maximum atomic E-state index is 4.70. The average molecular weight is 319 g/mol. The zero-order valence-electron chi connectivity index (χ0n) is 15.3. The number of rotatable bonds is 2. The van der Waals surface area contributed by atoms with Gasteiger partial charge in [-0.25, -0.2) is 0 Å². The lowest BCUT2D eigenvalue weighted by molar-refractivity contribution is 0.303. The van der Waals surface area contributed by atoms with Gasteiger partial charge in [-0.3, -0.25) is 4.98 Å². The molecule has 0 radical (unpaired) electrons. The van der Waals surface area contributed by atoms with Crippen molar-refractivity contribution in [3.05, 3.63) is 52.7 Å². The van der Waals surface area contributed by atoms with Crippen LogP contribution in [-0.4, -0.2) is 4.98 Å². The normalized spacial score (nSPS) is 25.9. The van der Waals surface area contributed by atoms with Gasteiger partial charge in [-0.05, 0) is 91.7 Å². The number of fused-ring (bicyclic) bond motifs is 4. The highest BCUT2D eigenvalue weighted by molar-refractivity contribution is 5.63. The smallest absolute Gasteiger partial charge is 0.0704 e. The molecule has 2 bridgehead atoms. The number of hydrogen-bond acceptors (Lipinski definition) is 1. The van der Waals surface area contributed by atoms with Crippen LogP contribution >= 0.6 is 0 Å². The number of benzene rings is 1. The van der Waals surface area contributed by atoms with Gasteiger partial charge in [0.05, 0.1) is 5.69 Å². The molecule has 126 valence electrons. The molecule has 24 heavy (non-hydrogen) atoms. The SMILES string of the molecule is CCC1CC2CCCC(C2)c2cc(-c3cc(C)c(C)cn3)ccc21. The maximum absolute atomic E-state index is 4.70. The number of aromatic nitrogens is 1. The largest absolute Gasteiger partial charge is 0.256 e. The molecule has 3 unspecified atom stereocenters. The molecule has 2 aliphatic carbocycles. The summed E-state index contributed by atoms with van der Waals surface area (Å²) in [6, 6.07) is 9.46. The summed E-state index contributed by atoms with van der Waals surface area (Å²) >= 11 is 0. The van der Waals surface area contributed by atoms with Crippen LogP contribution in [0.25, 0.3) is 11.3 Å². The van der Waals surface area contributed by atoms with Gasteiger partial charge >= 0.3 is 0 Å². The molecule has 2 aliphatic rings. The molecular weight excluding hydrogens is 290 g/mol. The minimum absolute atomic E-state index is 0.759. The Bertz CT molecular complexity index is 746. The van der Waals surface area contributed by atoms with Crippen molar-refractivity contribution in [2.45, 2.75) is 71.1 Å². The highest BCUT2D eigenvalue weighted by Crippen LogP contribution is 2.48. The van der Waals surface area contributed by atoms with Crippen LogP contribution in [0, 0.1) is 19.8 Å². The third-order valence-electron chi connectivity index (χ3n) is 6.53. The minimum atomic E-state index is 0.759. The fourth-order valence-corrected chi connectivity index (χ4v) is 4.95. The van der Waals surface area contributed by atoms with E-state index in [0.717, 1.165) is 23.4 Å². The van der Waals surface area contributed by atoms with Gasteiger partial charge in [0.25, 0.3) is 0 Å². The van der Waals surface area contributed by atoms with Crippen molar-refractivity contribution in [2.75, 3.05) is 0 Å². The van der Waals surface area contributed by atoms with E-state index in [9.17, 15) is 0 Å². The Morgan fingerprint density at radius 1 is 1.00 bits per heavy atom. The summed E-state index contributed by atoms with van der Waals surface area (Å²) < 4.78 is 0. The number of hydrogen-bond donors (Lipinski definition) is 0. The fourth-order valence-electron chi connectivity index (χ4n) is 4.95. The molecule has 1 saturated carbocycles. The first-order valence-corrected chi connectivity index (χ1v) is 9.73. The molecule has 0 saturated heterocycles. The fraction of sp³-hybridized carbons (Fsp3) is 0.522. The zero-order valence-corrected chi connectivity index (χ0v) is 15.3. The molecule has 2 aromatic rings. The Morgan fingerprint density at radius 3 is 2.67 bits per heavy atom. The van der Waals surface area contributed by atoms with E-state index in [0.29, 0.717) is 0 Å². The summed E-state index contributed by atoms with van der Waals surface area (Å²) in [7, 11) is 0. The first-order valence-electron chi connectivity index (χ1n) is 9.73. The molecule has 1 aromatic heterocycles. The molecule has 0 N–H and O–H groups in total. The van der Waals surface area contributed by atoms with Crippen molar-refractivity contribution in [1.29, 1.82) is 0 Å². The number of aryl methyl sites for hydroxylation is 2. The Balaban J connectivity index is 1.79. The van der Waals surface area contributed by atoms with Crippen LogP contribution in [-0.2, 0) is 0 Å². The highest BCUT2D eigenvalue weighted by Gasteiger charge is 2.32. The van der Waals surface area contributed by atoms with Gasteiger partial charge in [0.1, 0.15) is 0 Å². The predicted molar refractivity (Wildman–Crippen MR) is 101 cm³/mol. The van der Waals surface area contributed by atoms with Crippen LogP contribution in [0.1, 0.15) is 79.5 Å². The quantitative estimate of drug-likeness (QED) is 0.612. The van der Waals surface area contributed by atoms with Gasteiger partial charge in [-0.1, -0.05) is 31.9 Å². The number of pyridine rings is 1. The van der Waals surface area contributed by atoms with Crippen LogP contribution in [0.3, 0.4) is 0 Å². The molecular formula is C23H29N. The summed E-state index contributed by atoms with van der Waals surface area (Å²) in [5, 5.41) is 0. The van der Waals surface area contributed by atoms with Crippen LogP contribution in [0.5, 0.6) is 0 Å². The number of nitrogens with zero attached hydrogens (tertiary/aromatic N) is 1. The highest BCUT2D eigenvalue weighted by atomic mass is 14.7. The molecule has 1 heterocycles. The van der Waals surface area contributed by atoms with Crippen molar-refractivity contribution in [3.63, 3.8) is 0 Å². The molecule has 3 atom stereocenters. The zero-order chi connectivity index (χ0) is 16.7. The van der Waals surface area contributed by atoms with Gasteiger partial charge < -0.3 is 0 Å². The maximum Gasteiger partial charge on any atom is 0.0704 e. The van der Waals surface area contributed by atoms with Gasteiger partial charge in [-0.15, -0.1) is 0 Å². The van der Waals surface area contributed by atoms with E-state index in [2.05, 4.69) is 45.0 Å². The summed E-state index contributed by atoms with van der Waals surface area (Å²) in [6.07, 6.45) is 10.3. The van der Waals surface area contributed by atoms with Crippen molar-refractivity contribution < 1.29 is 0 Å². The minimum Gasteiger partial charge on any atom is -0.256 e. The lowest BCUT2D eigenvalue weighted by atomic mass is 9.78. The molecule has 0 amide bonds. The van der Waals surface area contributed by atoms with Crippen LogP contribution in [0.15, 0.2) is 30.5 Å². The third-order valence-corrected chi connectivity index (χ3v) is 6.53. The van der Waals surface area contributed by atoms with Gasteiger partial charge in [-0.2, -0.15) is 0 Å². The van der Waals surface area contributed by atoms with Gasteiger partial charge in [0.15, 0.2) is 0 Å². The van der Waals surface area contributed by atoms with Crippen LogP contribution in [0.4, 0.5) is 0 Å². The second-order valence-corrected chi connectivity index (χ2v) is 8.07. The van der Waals surface area contributed by atoms with E-state index in [1.54, 1.807) is 11.1 Å². The molecule has 0 aliphatic heterocycles. The predicted octanol–water partition coefficient (Wildman–Crippen LogP) is 6.54. The summed E-state index contributed by atoms with van der Waals surface area (Å²) in [4.78, 5) is 4.70. The van der Waals surface area contributed by atoms with Gasteiger partial charge in [0, 0.05) is 11.8 Å². The summed E-state index contributed by atoms with van der Waals surface area (Å²) in [5.74, 6) is 2.49. The standard InChI is InChI=1S/C23H29N/c1-4-18-11-17-6-5-7-19(12-17)22-13-20(8-9-21(18)22)23-10-15(2)16(3)14-24-23/h8-10,13-14,17-19H,4-7,11-12H2,1-3H3. The topological polar surface area (TPSA) is 12.9 Å². The van der Waals surface area contributed by atoms with E-state index in [1.165, 1.54) is 55.2 Å². The van der Waals surface area contributed by atoms with Crippen LogP contribution < -0.4 is 0 Å². The lowest BCUT2D eigenvalue weighted by Gasteiger charge is -2.27. The molecule has 1 nitrogen and oxygen atoms in total. The summed E-state index contributed by atoms with van der Waals surface area (Å²) in [6.45, 7) is 6.68. The van der Waals surface area contributed by atoms with E-state index < -0.39 is 0 Å². The molecule has 0 spiro atoms. The second kappa shape index (κ2) is 6.35.